The Kier molecular flexibility index (Phi) is 7.00. The molecule has 0 bridgehead atoms. The number of nitrogens with zero attached hydrogens (tertiary/aromatic N) is 2. The Morgan fingerprint density at radius 1 is 0.900 bits per heavy atom. The quantitative estimate of drug-likeness (QED) is 0.649. The number of likely N-dealkylation sites (tertiary alicyclic amines) is 2. The van der Waals surface area contributed by atoms with Crippen LogP contribution in [0.25, 0.3) is 0 Å². The van der Waals surface area contributed by atoms with Crippen molar-refractivity contribution in [2.75, 3.05) is 32.8 Å². The average molecular weight is 423 g/mol. The Hall–Kier alpha value is -2.40. The molecule has 0 unspecified atom stereocenters. The van der Waals surface area contributed by atoms with Crippen LogP contribution >= 0.6 is 12.2 Å². The Balaban J connectivity index is 1.24. The van der Waals surface area contributed by atoms with Gasteiger partial charge in [0.15, 0.2) is 6.61 Å². The van der Waals surface area contributed by atoms with Crippen molar-refractivity contribution in [1.29, 1.82) is 0 Å². The van der Waals surface area contributed by atoms with Gasteiger partial charge >= 0.3 is 0 Å². The molecule has 0 aromatic heterocycles. The van der Waals surface area contributed by atoms with E-state index in [-0.39, 0.29) is 12.5 Å². The number of amides is 1. The number of benzene rings is 2. The summed E-state index contributed by atoms with van der Waals surface area (Å²) in [6.45, 7) is 3.85. The predicted octanol–water partition coefficient (Wildman–Crippen LogP) is 4.32. The zero-order chi connectivity index (χ0) is 20.8. The maximum absolute atomic E-state index is 12.1. The van der Waals surface area contributed by atoms with Crippen LogP contribution in [0.1, 0.15) is 36.8 Å². The summed E-state index contributed by atoms with van der Waals surface area (Å²) in [5.41, 5.74) is 2.47. The highest BCUT2D eigenvalue weighted by Crippen LogP contribution is 2.24. The minimum absolute atomic E-state index is 0.0745. The summed E-state index contributed by atoms with van der Waals surface area (Å²) < 4.78 is 5.68. The molecule has 0 atom stereocenters. The minimum atomic E-state index is 0.0745. The Morgan fingerprint density at radius 2 is 1.57 bits per heavy atom. The van der Waals surface area contributed by atoms with Gasteiger partial charge in [-0.05, 0) is 67.9 Å². The van der Waals surface area contributed by atoms with Crippen LogP contribution in [0.3, 0.4) is 0 Å². The second kappa shape index (κ2) is 10.1. The molecule has 5 heteroatoms. The Labute approximate surface area is 184 Å². The molecule has 0 spiro atoms. The first kappa shape index (κ1) is 20.9. The van der Waals surface area contributed by atoms with Gasteiger partial charge in [-0.2, -0.15) is 0 Å². The van der Waals surface area contributed by atoms with Crippen molar-refractivity contribution < 1.29 is 9.53 Å². The number of ether oxygens (including phenoxy) is 1. The van der Waals surface area contributed by atoms with Crippen LogP contribution < -0.4 is 4.74 Å². The van der Waals surface area contributed by atoms with E-state index < -0.39 is 0 Å². The van der Waals surface area contributed by atoms with Crippen molar-refractivity contribution in [3.05, 3.63) is 65.7 Å². The number of carbonyl (C=O) groups excluding carboxylic acids is 1. The van der Waals surface area contributed by atoms with Crippen LogP contribution in [-0.2, 0) is 11.2 Å². The maximum atomic E-state index is 12.1. The fourth-order valence-electron chi connectivity index (χ4n) is 4.37. The standard InChI is InChI=1S/C25H30N2O2S/c28-24(26-14-4-5-15-26)19-29-23-10-8-22(9-11-23)25(30)27-16-12-21(13-17-27)18-20-6-2-1-3-7-20/h1-3,6-11,21H,4-5,12-19H2. The van der Waals surface area contributed by atoms with Gasteiger partial charge in [-0.3, -0.25) is 4.79 Å². The molecule has 0 aliphatic carbocycles. The summed E-state index contributed by atoms with van der Waals surface area (Å²) in [6, 6.07) is 18.6. The Bertz CT molecular complexity index is 839. The third kappa shape index (κ3) is 5.39. The number of hydrogen-bond acceptors (Lipinski definition) is 3. The molecule has 4 rings (SSSR count). The monoisotopic (exact) mass is 422 g/mol. The molecule has 2 saturated heterocycles. The maximum Gasteiger partial charge on any atom is 0.260 e. The second-order valence-electron chi connectivity index (χ2n) is 8.33. The highest BCUT2D eigenvalue weighted by molar-refractivity contribution is 7.80. The van der Waals surface area contributed by atoms with E-state index in [4.69, 9.17) is 17.0 Å². The molecule has 0 saturated carbocycles. The number of piperidine rings is 1. The Morgan fingerprint density at radius 3 is 2.23 bits per heavy atom. The zero-order valence-corrected chi connectivity index (χ0v) is 18.3. The first-order valence-corrected chi connectivity index (χ1v) is 11.4. The molecular weight excluding hydrogens is 392 g/mol. The molecule has 1 amide bonds. The van der Waals surface area contributed by atoms with Gasteiger partial charge in [0.1, 0.15) is 10.7 Å². The minimum Gasteiger partial charge on any atom is -0.484 e. The van der Waals surface area contributed by atoms with Crippen molar-refractivity contribution >= 4 is 23.1 Å². The fourth-order valence-corrected chi connectivity index (χ4v) is 4.69. The second-order valence-corrected chi connectivity index (χ2v) is 8.71. The summed E-state index contributed by atoms with van der Waals surface area (Å²) in [6.07, 6.45) is 5.70. The SMILES string of the molecule is O=C(COc1ccc(C(=S)N2CCC(Cc3ccccc3)CC2)cc1)N1CCCC1. The molecule has 158 valence electrons. The highest BCUT2D eigenvalue weighted by atomic mass is 32.1. The molecular formula is C25H30N2O2S. The van der Waals surface area contributed by atoms with E-state index in [1.807, 2.05) is 29.2 Å². The summed E-state index contributed by atoms with van der Waals surface area (Å²) in [4.78, 5) is 17.2. The third-order valence-corrected chi connectivity index (χ3v) is 6.69. The van der Waals surface area contributed by atoms with Crippen LogP contribution in [0.15, 0.2) is 54.6 Å². The van der Waals surface area contributed by atoms with Gasteiger partial charge in [-0.25, -0.2) is 0 Å². The van der Waals surface area contributed by atoms with Crippen molar-refractivity contribution in [2.45, 2.75) is 32.1 Å². The van der Waals surface area contributed by atoms with Crippen molar-refractivity contribution in [3.63, 3.8) is 0 Å². The lowest BCUT2D eigenvalue weighted by Crippen LogP contribution is -2.38. The lowest BCUT2D eigenvalue weighted by Gasteiger charge is -2.34. The zero-order valence-electron chi connectivity index (χ0n) is 17.5. The molecule has 2 fully saturated rings. The van der Waals surface area contributed by atoms with Gasteiger partial charge in [-0.1, -0.05) is 42.5 Å². The lowest BCUT2D eigenvalue weighted by molar-refractivity contribution is -0.132. The molecule has 0 radical (unpaired) electrons. The van der Waals surface area contributed by atoms with E-state index >= 15 is 0 Å². The van der Waals surface area contributed by atoms with Crippen LogP contribution in [-0.4, -0.2) is 53.5 Å². The van der Waals surface area contributed by atoms with Crippen molar-refractivity contribution in [3.8, 4) is 5.75 Å². The number of hydrogen-bond donors (Lipinski definition) is 0. The van der Waals surface area contributed by atoms with Gasteiger partial charge in [0, 0.05) is 31.7 Å². The average Bonchev–Trinajstić information content (AvgIpc) is 3.34. The van der Waals surface area contributed by atoms with Crippen LogP contribution in [0.5, 0.6) is 5.75 Å². The van der Waals surface area contributed by atoms with Crippen molar-refractivity contribution in [2.24, 2.45) is 5.92 Å². The summed E-state index contributed by atoms with van der Waals surface area (Å²) in [5.74, 6) is 1.52. The smallest absolute Gasteiger partial charge is 0.260 e. The first-order chi connectivity index (χ1) is 14.7. The van der Waals surface area contributed by atoms with Gasteiger partial charge in [0.2, 0.25) is 0 Å². The molecule has 4 nitrogen and oxygen atoms in total. The van der Waals surface area contributed by atoms with Crippen LogP contribution in [0.2, 0.25) is 0 Å². The number of thiocarbonyl (C=S) groups is 1. The molecule has 2 aliphatic rings. The van der Waals surface area contributed by atoms with E-state index in [2.05, 4.69) is 35.2 Å². The van der Waals surface area contributed by atoms with E-state index in [1.54, 1.807) is 0 Å². The van der Waals surface area contributed by atoms with Crippen LogP contribution in [0.4, 0.5) is 0 Å². The molecule has 2 aliphatic heterocycles. The van der Waals surface area contributed by atoms with Gasteiger partial charge in [0.05, 0.1) is 0 Å². The van der Waals surface area contributed by atoms with Gasteiger partial charge in [-0.15, -0.1) is 0 Å². The lowest BCUT2D eigenvalue weighted by atomic mass is 9.90. The van der Waals surface area contributed by atoms with E-state index in [9.17, 15) is 4.79 Å². The summed E-state index contributed by atoms with van der Waals surface area (Å²) in [7, 11) is 0. The first-order valence-electron chi connectivity index (χ1n) is 11.0. The van der Waals surface area contributed by atoms with E-state index in [1.165, 1.54) is 18.4 Å². The topological polar surface area (TPSA) is 32.8 Å². The molecule has 30 heavy (non-hydrogen) atoms. The number of carbonyl (C=O) groups is 1. The number of rotatable bonds is 6. The molecule has 0 N–H and O–H groups in total. The van der Waals surface area contributed by atoms with E-state index in [0.717, 1.165) is 67.7 Å². The highest BCUT2D eigenvalue weighted by Gasteiger charge is 2.22. The summed E-state index contributed by atoms with van der Waals surface area (Å²) in [5, 5.41) is 0. The van der Waals surface area contributed by atoms with E-state index in [0.29, 0.717) is 0 Å². The van der Waals surface area contributed by atoms with Crippen LogP contribution in [0, 0.1) is 5.92 Å². The molecule has 2 aromatic carbocycles. The normalized spacial score (nSPS) is 17.2. The largest absolute Gasteiger partial charge is 0.484 e. The van der Waals surface area contributed by atoms with Gasteiger partial charge < -0.3 is 14.5 Å². The molecule has 2 heterocycles. The van der Waals surface area contributed by atoms with Crippen molar-refractivity contribution in [1.82, 2.24) is 9.80 Å². The third-order valence-electron chi connectivity index (χ3n) is 6.19. The van der Waals surface area contributed by atoms with Gasteiger partial charge in [0.25, 0.3) is 5.91 Å². The predicted molar refractivity (Wildman–Crippen MR) is 124 cm³/mol. The summed E-state index contributed by atoms with van der Waals surface area (Å²) >= 11 is 5.76. The molecule has 2 aromatic rings. The fraction of sp³-hybridized carbons (Fsp3) is 0.440.